The summed E-state index contributed by atoms with van der Waals surface area (Å²) in [5, 5.41) is 5.89. The van der Waals surface area contributed by atoms with Gasteiger partial charge in [-0.25, -0.2) is 0 Å². The SMILES string of the molecule is Cc1ccc(C)c(NC(=O)C(=O)NCCc2ccccc2Cl)c1. The Kier molecular flexibility index (Phi) is 5.77. The van der Waals surface area contributed by atoms with Crippen LogP contribution in [0.1, 0.15) is 16.7 Å². The lowest BCUT2D eigenvalue weighted by Gasteiger charge is -2.10. The Morgan fingerprint density at radius 1 is 1.04 bits per heavy atom. The summed E-state index contributed by atoms with van der Waals surface area (Å²) in [5.41, 5.74) is 3.51. The third-order valence-corrected chi connectivity index (χ3v) is 3.85. The number of benzene rings is 2. The van der Waals surface area contributed by atoms with Crippen LogP contribution in [0.4, 0.5) is 5.69 Å². The lowest BCUT2D eigenvalue weighted by molar-refractivity contribution is -0.136. The fraction of sp³-hybridized carbons (Fsp3) is 0.222. The summed E-state index contributed by atoms with van der Waals surface area (Å²) in [4.78, 5) is 23.8. The molecule has 0 aliphatic carbocycles. The van der Waals surface area contributed by atoms with E-state index in [0.717, 1.165) is 16.7 Å². The van der Waals surface area contributed by atoms with E-state index in [2.05, 4.69) is 10.6 Å². The van der Waals surface area contributed by atoms with Gasteiger partial charge in [-0.15, -0.1) is 0 Å². The molecule has 5 heteroatoms. The average molecular weight is 331 g/mol. The van der Waals surface area contributed by atoms with Gasteiger partial charge in [0.1, 0.15) is 0 Å². The third kappa shape index (κ3) is 4.83. The zero-order chi connectivity index (χ0) is 16.8. The average Bonchev–Trinajstić information content (AvgIpc) is 2.52. The van der Waals surface area contributed by atoms with E-state index in [1.165, 1.54) is 0 Å². The molecule has 0 aromatic heterocycles. The molecular weight excluding hydrogens is 312 g/mol. The van der Waals surface area contributed by atoms with E-state index >= 15 is 0 Å². The first-order chi connectivity index (χ1) is 11.0. The number of hydrogen-bond donors (Lipinski definition) is 2. The van der Waals surface area contributed by atoms with E-state index in [0.29, 0.717) is 23.7 Å². The zero-order valence-corrected chi connectivity index (χ0v) is 13.9. The summed E-state index contributed by atoms with van der Waals surface area (Å²) >= 11 is 6.05. The lowest BCUT2D eigenvalue weighted by Crippen LogP contribution is -2.36. The first-order valence-corrected chi connectivity index (χ1v) is 7.75. The van der Waals surface area contributed by atoms with Crippen molar-refractivity contribution in [1.82, 2.24) is 5.32 Å². The zero-order valence-electron chi connectivity index (χ0n) is 13.2. The maximum Gasteiger partial charge on any atom is 0.313 e. The fourth-order valence-electron chi connectivity index (χ4n) is 2.14. The highest BCUT2D eigenvalue weighted by Crippen LogP contribution is 2.16. The number of halogens is 1. The standard InChI is InChI=1S/C18H19ClN2O2/c1-12-7-8-13(2)16(11-12)21-18(23)17(22)20-10-9-14-5-3-4-6-15(14)19/h3-8,11H,9-10H2,1-2H3,(H,20,22)(H,21,23). The van der Waals surface area contributed by atoms with Crippen molar-refractivity contribution in [2.75, 3.05) is 11.9 Å². The molecule has 0 aliphatic rings. The number of nitrogens with one attached hydrogen (secondary N) is 2. The van der Waals surface area contributed by atoms with Crippen LogP contribution >= 0.6 is 11.6 Å². The summed E-state index contributed by atoms with van der Waals surface area (Å²) < 4.78 is 0. The summed E-state index contributed by atoms with van der Waals surface area (Å²) in [5.74, 6) is -1.32. The van der Waals surface area contributed by atoms with Crippen molar-refractivity contribution in [3.8, 4) is 0 Å². The van der Waals surface area contributed by atoms with Crippen molar-refractivity contribution in [1.29, 1.82) is 0 Å². The smallest absolute Gasteiger partial charge is 0.313 e. The van der Waals surface area contributed by atoms with Crippen molar-refractivity contribution in [2.45, 2.75) is 20.3 Å². The molecule has 0 spiro atoms. The topological polar surface area (TPSA) is 58.2 Å². The van der Waals surface area contributed by atoms with Gasteiger partial charge in [0.25, 0.3) is 0 Å². The molecule has 0 bridgehead atoms. The minimum absolute atomic E-state index is 0.350. The minimum atomic E-state index is -0.669. The largest absolute Gasteiger partial charge is 0.347 e. The van der Waals surface area contributed by atoms with Crippen LogP contribution in [-0.2, 0) is 16.0 Å². The van der Waals surface area contributed by atoms with E-state index < -0.39 is 11.8 Å². The third-order valence-electron chi connectivity index (χ3n) is 3.49. The molecule has 0 saturated carbocycles. The first kappa shape index (κ1) is 17.0. The van der Waals surface area contributed by atoms with Gasteiger partial charge in [0.05, 0.1) is 0 Å². The van der Waals surface area contributed by atoms with Crippen LogP contribution < -0.4 is 10.6 Å². The number of carbonyl (C=O) groups excluding carboxylic acids is 2. The number of hydrogen-bond acceptors (Lipinski definition) is 2. The number of aryl methyl sites for hydroxylation is 2. The monoisotopic (exact) mass is 330 g/mol. The van der Waals surface area contributed by atoms with E-state index in [1.807, 2.05) is 50.2 Å². The van der Waals surface area contributed by atoms with E-state index in [-0.39, 0.29) is 0 Å². The highest BCUT2D eigenvalue weighted by molar-refractivity contribution is 6.39. The second kappa shape index (κ2) is 7.79. The summed E-state index contributed by atoms with van der Waals surface area (Å²) in [7, 11) is 0. The van der Waals surface area contributed by atoms with Crippen LogP contribution in [-0.4, -0.2) is 18.4 Å². The van der Waals surface area contributed by atoms with E-state index in [1.54, 1.807) is 6.07 Å². The van der Waals surface area contributed by atoms with Gasteiger partial charge in [-0.1, -0.05) is 41.9 Å². The molecular formula is C18H19ClN2O2. The maximum absolute atomic E-state index is 11.9. The lowest BCUT2D eigenvalue weighted by atomic mass is 10.1. The Balaban J connectivity index is 1.87. The van der Waals surface area contributed by atoms with E-state index in [4.69, 9.17) is 11.6 Å². The summed E-state index contributed by atoms with van der Waals surface area (Å²) in [6, 6.07) is 13.1. The molecule has 0 atom stereocenters. The molecule has 0 unspecified atom stereocenters. The molecule has 0 fully saturated rings. The number of amides is 2. The van der Waals surface area contributed by atoms with E-state index in [9.17, 15) is 9.59 Å². The Hall–Kier alpha value is -2.33. The first-order valence-electron chi connectivity index (χ1n) is 7.37. The number of rotatable bonds is 4. The molecule has 2 amide bonds. The van der Waals surface area contributed by atoms with Crippen molar-refractivity contribution in [3.05, 3.63) is 64.2 Å². The predicted octanol–water partition coefficient (Wildman–Crippen LogP) is 3.25. The van der Waals surface area contributed by atoms with Crippen molar-refractivity contribution in [2.24, 2.45) is 0 Å². The molecule has 23 heavy (non-hydrogen) atoms. The molecule has 0 aliphatic heterocycles. The van der Waals surface area contributed by atoms with Crippen LogP contribution in [0.2, 0.25) is 5.02 Å². The predicted molar refractivity (Wildman–Crippen MR) is 92.7 cm³/mol. The molecule has 0 heterocycles. The Labute approximate surface area is 140 Å². The molecule has 4 nitrogen and oxygen atoms in total. The van der Waals surface area contributed by atoms with Crippen LogP contribution in [0.5, 0.6) is 0 Å². The van der Waals surface area contributed by atoms with Crippen molar-refractivity contribution < 1.29 is 9.59 Å². The second-order valence-electron chi connectivity index (χ2n) is 5.37. The van der Waals surface area contributed by atoms with Crippen LogP contribution in [0.25, 0.3) is 0 Å². The summed E-state index contributed by atoms with van der Waals surface area (Å²) in [6.07, 6.45) is 0.572. The van der Waals surface area contributed by atoms with Gasteiger partial charge in [0, 0.05) is 17.3 Å². The van der Waals surface area contributed by atoms with Gasteiger partial charge in [-0.2, -0.15) is 0 Å². The maximum atomic E-state index is 11.9. The van der Waals surface area contributed by atoms with Crippen LogP contribution in [0, 0.1) is 13.8 Å². The van der Waals surface area contributed by atoms with Gasteiger partial charge in [0.15, 0.2) is 0 Å². The molecule has 0 saturated heterocycles. The fourth-order valence-corrected chi connectivity index (χ4v) is 2.37. The number of carbonyl (C=O) groups is 2. The second-order valence-corrected chi connectivity index (χ2v) is 5.78. The van der Waals surface area contributed by atoms with Gasteiger partial charge in [-0.3, -0.25) is 9.59 Å². The number of anilines is 1. The highest BCUT2D eigenvalue weighted by atomic mass is 35.5. The molecule has 0 radical (unpaired) electrons. The van der Waals surface area contributed by atoms with Crippen molar-refractivity contribution >= 4 is 29.1 Å². The Morgan fingerprint density at radius 2 is 1.78 bits per heavy atom. The van der Waals surface area contributed by atoms with Gasteiger partial charge >= 0.3 is 11.8 Å². The Morgan fingerprint density at radius 3 is 2.52 bits per heavy atom. The quantitative estimate of drug-likeness (QED) is 0.845. The highest BCUT2D eigenvalue weighted by Gasteiger charge is 2.14. The normalized spacial score (nSPS) is 10.2. The molecule has 120 valence electrons. The van der Waals surface area contributed by atoms with Gasteiger partial charge in [0.2, 0.25) is 0 Å². The molecule has 2 aromatic carbocycles. The molecule has 2 rings (SSSR count). The Bertz CT molecular complexity index is 729. The molecule has 2 aromatic rings. The summed E-state index contributed by atoms with van der Waals surface area (Å²) in [6.45, 7) is 4.16. The van der Waals surface area contributed by atoms with Gasteiger partial charge < -0.3 is 10.6 Å². The van der Waals surface area contributed by atoms with Crippen LogP contribution in [0.15, 0.2) is 42.5 Å². The van der Waals surface area contributed by atoms with Crippen LogP contribution in [0.3, 0.4) is 0 Å². The molecule has 2 N–H and O–H groups in total. The van der Waals surface area contributed by atoms with Crippen molar-refractivity contribution in [3.63, 3.8) is 0 Å². The van der Waals surface area contributed by atoms with Gasteiger partial charge in [-0.05, 0) is 49.1 Å². The minimum Gasteiger partial charge on any atom is -0.347 e.